The molecule has 206 valence electrons. The van der Waals surface area contributed by atoms with Gasteiger partial charge in [-0.3, -0.25) is 4.79 Å². The molecule has 1 heterocycles. The Labute approximate surface area is 227 Å². The summed E-state index contributed by atoms with van der Waals surface area (Å²) in [6.45, 7) is 5.84. The van der Waals surface area contributed by atoms with Crippen LogP contribution in [0.25, 0.3) is 0 Å². The summed E-state index contributed by atoms with van der Waals surface area (Å²) < 4.78 is 16.3. The monoisotopic (exact) mass is 535 g/mol. The number of carbonyl (C=O) groups excluding carboxylic acids is 3. The van der Waals surface area contributed by atoms with Crippen LogP contribution in [0.1, 0.15) is 36.7 Å². The van der Waals surface area contributed by atoms with Crippen molar-refractivity contribution in [1.29, 1.82) is 0 Å². The molecular formula is C28H33N5O6. The summed E-state index contributed by atoms with van der Waals surface area (Å²) >= 11 is 0. The molecule has 1 unspecified atom stereocenters. The molecule has 0 spiro atoms. The predicted molar refractivity (Wildman–Crippen MR) is 144 cm³/mol. The lowest BCUT2D eigenvalue weighted by molar-refractivity contribution is -0.157. The number of aromatic nitrogens is 2. The number of esters is 1. The molecule has 3 rings (SSSR count). The second-order valence-corrected chi connectivity index (χ2v) is 9.37. The van der Waals surface area contributed by atoms with Gasteiger partial charge < -0.3 is 30.2 Å². The Morgan fingerprint density at radius 3 is 2.28 bits per heavy atom. The third-order valence-electron chi connectivity index (χ3n) is 5.00. The second kappa shape index (κ2) is 14.3. The highest BCUT2D eigenvalue weighted by Crippen LogP contribution is 2.13. The molecule has 11 nitrogen and oxygen atoms in total. The lowest BCUT2D eigenvalue weighted by Gasteiger charge is -2.24. The van der Waals surface area contributed by atoms with Crippen molar-refractivity contribution in [3.05, 3.63) is 84.2 Å². The van der Waals surface area contributed by atoms with Crippen molar-refractivity contribution in [2.75, 3.05) is 25.0 Å². The minimum Gasteiger partial charge on any atom is -0.492 e. The third kappa shape index (κ3) is 10.7. The fourth-order valence-corrected chi connectivity index (χ4v) is 3.19. The van der Waals surface area contributed by atoms with Crippen LogP contribution in [-0.4, -0.2) is 59.3 Å². The summed E-state index contributed by atoms with van der Waals surface area (Å²) in [5.41, 5.74) is 0.366. The fraction of sp³-hybridized carbons (Fsp3) is 0.321. The number of alkyl carbamates (subject to hydrolysis) is 1. The number of nitrogens with one attached hydrogen (secondary N) is 3. The lowest BCUT2D eigenvalue weighted by atomic mass is 10.1. The van der Waals surface area contributed by atoms with E-state index in [-0.39, 0.29) is 13.2 Å². The molecule has 0 fully saturated rings. The van der Waals surface area contributed by atoms with E-state index in [0.29, 0.717) is 30.4 Å². The topological polar surface area (TPSA) is 141 Å². The summed E-state index contributed by atoms with van der Waals surface area (Å²) in [6, 6.07) is 16.2. The largest absolute Gasteiger partial charge is 0.492 e. The minimum atomic E-state index is -1.15. The van der Waals surface area contributed by atoms with Crippen LogP contribution in [0.5, 0.6) is 5.75 Å². The van der Waals surface area contributed by atoms with E-state index in [2.05, 4.69) is 25.9 Å². The van der Waals surface area contributed by atoms with Gasteiger partial charge in [-0.1, -0.05) is 30.3 Å². The normalized spacial score (nSPS) is 11.6. The van der Waals surface area contributed by atoms with E-state index in [4.69, 9.17) is 14.2 Å². The second-order valence-electron chi connectivity index (χ2n) is 9.37. The summed E-state index contributed by atoms with van der Waals surface area (Å²) in [5, 5.41) is 8.18. The number of benzene rings is 2. The molecule has 0 bridgehead atoms. The molecule has 1 aromatic heterocycles. The molecule has 3 N–H and O–H groups in total. The smallest absolute Gasteiger partial charge is 0.408 e. The van der Waals surface area contributed by atoms with E-state index in [1.165, 1.54) is 0 Å². The number of anilines is 1. The predicted octanol–water partition coefficient (Wildman–Crippen LogP) is 3.33. The average Bonchev–Trinajstić information content (AvgIpc) is 2.92. The molecule has 39 heavy (non-hydrogen) atoms. The lowest BCUT2D eigenvalue weighted by Crippen LogP contribution is -2.50. The maximum Gasteiger partial charge on any atom is 0.408 e. The summed E-state index contributed by atoms with van der Waals surface area (Å²) in [4.78, 5) is 45.9. The SMILES string of the molecule is CC(C)(C)OC(=O)C(CNC(=O)c1ccc(OCCNc2ncccn2)cc1)NC(=O)OCc1ccccc1. The van der Waals surface area contributed by atoms with Gasteiger partial charge >= 0.3 is 12.1 Å². The number of amides is 2. The van der Waals surface area contributed by atoms with Crippen molar-refractivity contribution in [2.24, 2.45) is 0 Å². The summed E-state index contributed by atoms with van der Waals surface area (Å²) in [7, 11) is 0. The van der Waals surface area contributed by atoms with Crippen molar-refractivity contribution >= 4 is 23.9 Å². The van der Waals surface area contributed by atoms with Gasteiger partial charge in [0.1, 0.15) is 30.6 Å². The summed E-state index contributed by atoms with van der Waals surface area (Å²) in [5.74, 6) is -0.0382. The maximum atomic E-state index is 12.7. The van der Waals surface area contributed by atoms with Crippen molar-refractivity contribution in [3.8, 4) is 5.75 Å². The highest BCUT2D eigenvalue weighted by molar-refractivity contribution is 5.94. The van der Waals surface area contributed by atoms with Gasteiger partial charge in [-0.25, -0.2) is 19.6 Å². The molecule has 0 aliphatic carbocycles. The molecule has 0 radical (unpaired) electrons. The standard InChI is InChI=1S/C28H33N5O6/c1-28(2,3)39-25(35)23(33-27(36)38-19-20-8-5-4-6-9-20)18-32-24(34)21-10-12-22(13-11-21)37-17-16-31-26-29-14-7-15-30-26/h4-15,23H,16-19H2,1-3H3,(H,32,34)(H,33,36)(H,29,30,31). The average molecular weight is 536 g/mol. The molecule has 2 amide bonds. The van der Waals surface area contributed by atoms with Gasteiger partial charge in [0.05, 0.1) is 6.54 Å². The Morgan fingerprint density at radius 2 is 1.62 bits per heavy atom. The van der Waals surface area contributed by atoms with E-state index in [1.54, 1.807) is 63.5 Å². The quantitative estimate of drug-likeness (QED) is 0.235. The number of carbonyl (C=O) groups is 3. The van der Waals surface area contributed by atoms with Crippen LogP contribution in [0, 0.1) is 0 Å². The van der Waals surface area contributed by atoms with E-state index in [9.17, 15) is 14.4 Å². The zero-order valence-electron chi connectivity index (χ0n) is 22.2. The van der Waals surface area contributed by atoms with E-state index in [0.717, 1.165) is 5.56 Å². The highest BCUT2D eigenvalue weighted by Gasteiger charge is 2.28. The zero-order valence-corrected chi connectivity index (χ0v) is 22.2. The number of ether oxygens (including phenoxy) is 3. The van der Waals surface area contributed by atoms with Crippen LogP contribution < -0.4 is 20.7 Å². The van der Waals surface area contributed by atoms with Crippen LogP contribution in [-0.2, 0) is 20.9 Å². The molecule has 2 aromatic carbocycles. The van der Waals surface area contributed by atoms with Gasteiger partial charge in [0, 0.05) is 24.5 Å². The fourth-order valence-electron chi connectivity index (χ4n) is 3.19. The number of nitrogens with zero attached hydrogens (tertiary/aromatic N) is 2. The first-order valence-corrected chi connectivity index (χ1v) is 12.4. The van der Waals surface area contributed by atoms with E-state index < -0.39 is 29.6 Å². The van der Waals surface area contributed by atoms with Gasteiger partial charge in [-0.2, -0.15) is 0 Å². The van der Waals surface area contributed by atoms with E-state index in [1.807, 2.05) is 30.3 Å². The Bertz CT molecular complexity index is 1200. The Morgan fingerprint density at radius 1 is 0.923 bits per heavy atom. The van der Waals surface area contributed by atoms with Crippen LogP contribution in [0.4, 0.5) is 10.7 Å². The Hall–Kier alpha value is -4.67. The van der Waals surface area contributed by atoms with Gasteiger partial charge in [0.15, 0.2) is 0 Å². The van der Waals surface area contributed by atoms with Gasteiger partial charge in [0.2, 0.25) is 5.95 Å². The molecule has 0 saturated carbocycles. The number of hydrogen-bond acceptors (Lipinski definition) is 9. The molecule has 1 atom stereocenters. The third-order valence-corrected chi connectivity index (χ3v) is 5.00. The van der Waals surface area contributed by atoms with Crippen molar-refractivity contribution in [2.45, 2.75) is 39.0 Å². The van der Waals surface area contributed by atoms with Crippen molar-refractivity contribution < 1.29 is 28.6 Å². The van der Waals surface area contributed by atoms with Crippen LogP contribution >= 0.6 is 0 Å². The highest BCUT2D eigenvalue weighted by atomic mass is 16.6. The molecule has 3 aromatic rings. The van der Waals surface area contributed by atoms with Crippen LogP contribution in [0.2, 0.25) is 0 Å². The zero-order chi connectivity index (χ0) is 28.1. The first kappa shape index (κ1) is 28.9. The first-order chi connectivity index (χ1) is 18.7. The molecule has 0 aliphatic rings. The van der Waals surface area contributed by atoms with E-state index >= 15 is 0 Å². The van der Waals surface area contributed by atoms with Crippen LogP contribution in [0.3, 0.4) is 0 Å². The molecule has 11 heteroatoms. The van der Waals surface area contributed by atoms with Gasteiger partial charge in [-0.15, -0.1) is 0 Å². The number of rotatable bonds is 12. The van der Waals surface area contributed by atoms with Gasteiger partial charge in [-0.05, 0) is 56.7 Å². The minimum absolute atomic E-state index is 0.0323. The van der Waals surface area contributed by atoms with Gasteiger partial charge in [0.25, 0.3) is 5.91 Å². The maximum absolute atomic E-state index is 12.7. The Kier molecular flexibility index (Phi) is 10.6. The summed E-state index contributed by atoms with van der Waals surface area (Å²) in [6.07, 6.45) is 2.48. The Balaban J connectivity index is 1.49. The molecular weight excluding hydrogens is 502 g/mol. The van der Waals surface area contributed by atoms with Crippen molar-refractivity contribution in [1.82, 2.24) is 20.6 Å². The molecule has 0 saturated heterocycles. The van der Waals surface area contributed by atoms with Crippen molar-refractivity contribution in [3.63, 3.8) is 0 Å². The van der Waals surface area contributed by atoms with Crippen LogP contribution in [0.15, 0.2) is 73.1 Å². The number of hydrogen-bond donors (Lipinski definition) is 3. The molecule has 0 aliphatic heterocycles. The first-order valence-electron chi connectivity index (χ1n) is 12.4.